The van der Waals surface area contributed by atoms with Crippen LogP contribution in [0.2, 0.25) is 0 Å². The molecule has 0 unspecified atom stereocenters. The molecule has 1 heterocycles. The normalized spacial score (nSPS) is 9.80. The molecule has 2 rings (SSSR count). The van der Waals surface area contributed by atoms with E-state index in [-0.39, 0.29) is 12.5 Å². The van der Waals surface area contributed by atoms with Gasteiger partial charge in [0.1, 0.15) is 17.9 Å². The lowest BCUT2D eigenvalue weighted by Crippen LogP contribution is -2.31. The van der Waals surface area contributed by atoms with Gasteiger partial charge in [-0.1, -0.05) is 0 Å². The summed E-state index contributed by atoms with van der Waals surface area (Å²) in [5, 5.41) is 15.1. The molecule has 0 aliphatic heterocycles. The predicted octanol–water partition coefficient (Wildman–Crippen LogP) is 0.714. The zero-order valence-corrected chi connectivity index (χ0v) is 10.9. The van der Waals surface area contributed by atoms with Gasteiger partial charge in [0.25, 0.3) is 5.91 Å². The van der Waals surface area contributed by atoms with Gasteiger partial charge in [0.2, 0.25) is 0 Å². The lowest BCUT2D eigenvalue weighted by Gasteiger charge is -2.15. The fourth-order valence-corrected chi connectivity index (χ4v) is 1.50. The maximum Gasteiger partial charge on any atom is 0.260 e. The van der Waals surface area contributed by atoms with Crippen molar-refractivity contribution in [2.24, 2.45) is 0 Å². The number of aromatic amines is 1. The molecule has 1 N–H and O–H groups in total. The first-order chi connectivity index (χ1) is 9.69. The molecule has 0 radical (unpaired) electrons. The van der Waals surface area contributed by atoms with E-state index >= 15 is 0 Å². The molecule has 7 nitrogen and oxygen atoms in total. The van der Waals surface area contributed by atoms with E-state index in [1.165, 1.54) is 11.2 Å². The fraction of sp³-hybridized carbons (Fsp3) is 0.231. The van der Waals surface area contributed by atoms with E-state index < -0.39 is 0 Å². The van der Waals surface area contributed by atoms with E-state index in [1.807, 2.05) is 6.07 Å². The number of ether oxygens (including phenoxy) is 1. The Morgan fingerprint density at radius 2 is 2.20 bits per heavy atom. The molecule has 0 fully saturated rings. The van der Waals surface area contributed by atoms with Crippen LogP contribution in [0, 0.1) is 11.3 Å². The van der Waals surface area contributed by atoms with Gasteiger partial charge in [-0.3, -0.25) is 9.89 Å². The van der Waals surface area contributed by atoms with E-state index in [0.717, 1.165) is 0 Å². The topological polar surface area (TPSA) is 94.9 Å². The van der Waals surface area contributed by atoms with E-state index in [9.17, 15) is 4.79 Å². The standard InChI is InChI=1S/C13H13N5O2/c1-18(7-12-15-9-16-17-12)13(19)8-20-11-4-2-10(6-14)3-5-11/h2-5,9H,7-8H2,1H3,(H,15,16,17). The number of nitriles is 1. The first-order valence-corrected chi connectivity index (χ1v) is 5.90. The van der Waals surface area contributed by atoms with Crippen molar-refractivity contribution in [3.05, 3.63) is 42.0 Å². The summed E-state index contributed by atoms with van der Waals surface area (Å²) < 4.78 is 5.36. The Labute approximate surface area is 115 Å². The number of amides is 1. The minimum atomic E-state index is -0.175. The fourth-order valence-electron chi connectivity index (χ4n) is 1.50. The van der Waals surface area contributed by atoms with Crippen LogP contribution < -0.4 is 4.74 Å². The number of hydrogen-bond donors (Lipinski definition) is 1. The maximum absolute atomic E-state index is 11.9. The molecule has 0 saturated heterocycles. The van der Waals surface area contributed by atoms with E-state index in [1.54, 1.807) is 31.3 Å². The quantitative estimate of drug-likeness (QED) is 0.864. The Hall–Kier alpha value is -2.88. The van der Waals surface area contributed by atoms with Gasteiger partial charge < -0.3 is 9.64 Å². The van der Waals surface area contributed by atoms with Crippen molar-refractivity contribution in [2.75, 3.05) is 13.7 Å². The van der Waals surface area contributed by atoms with Crippen LogP contribution in [-0.4, -0.2) is 39.6 Å². The second-order valence-electron chi connectivity index (χ2n) is 4.11. The van der Waals surface area contributed by atoms with Crippen molar-refractivity contribution in [3.8, 4) is 11.8 Å². The van der Waals surface area contributed by atoms with Crippen LogP contribution in [0.1, 0.15) is 11.4 Å². The molecule has 0 atom stereocenters. The summed E-state index contributed by atoms with van der Waals surface area (Å²) in [6.07, 6.45) is 1.39. The number of hydrogen-bond acceptors (Lipinski definition) is 5. The predicted molar refractivity (Wildman–Crippen MR) is 69.5 cm³/mol. The highest BCUT2D eigenvalue weighted by molar-refractivity contribution is 5.77. The largest absolute Gasteiger partial charge is 0.484 e. The number of carbonyl (C=O) groups excluding carboxylic acids is 1. The van der Waals surface area contributed by atoms with Crippen LogP contribution in [0.5, 0.6) is 5.75 Å². The van der Waals surface area contributed by atoms with Gasteiger partial charge in [0, 0.05) is 7.05 Å². The van der Waals surface area contributed by atoms with Gasteiger partial charge in [-0.25, -0.2) is 4.98 Å². The molecule has 2 aromatic rings. The minimum absolute atomic E-state index is 0.0729. The number of nitrogens with zero attached hydrogens (tertiary/aromatic N) is 4. The zero-order valence-electron chi connectivity index (χ0n) is 10.9. The molecular weight excluding hydrogens is 258 g/mol. The van der Waals surface area contributed by atoms with Crippen molar-refractivity contribution in [1.82, 2.24) is 20.1 Å². The molecule has 7 heteroatoms. The summed E-state index contributed by atoms with van der Waals surface area (Å²) in [5.41, 5.74) is 0.547. The van der Waals surface area contributed by atoms with Gasteiger partial charge >= 0.3 is 0 Å². The SMILES string of the molecule is CN(Cc1ncn[nH]1)C(=O)COc1ccc(C#N)cc1. The highest BCUT2D eigenvalue weighted by Crippen LogP contribution is 2.11. The molecule has 1 aromatic heterocycles. The van der Waals surface area contributed by atoms with Crippen molar-refractivity contribution >= 4 is 5.91 Å². The summed E-state index contributed by atoms with van der Waals surface area (Å²) in [5.74, 6) is 0.982. The molecule has 0 saturated carbocycles. The Morgan fingerprint density at radius 3 is 2.80 bits per heavy atom. The lowest BCUT2D eigenvalue weighted by atomic mass is 10.2. The summed E-state index contributed by atoms with van der Waals surface area (Å²) in [7, 11) is 1.66. The van der Waals surface area contributed by atoms with Crippen molar-refractivity contribution < 1.29 is 9.53 Å². The third kappa shape index (κ3) is 3.55. The number of benzene rings is 1. The number of aromatic nitrogens is 3. The van der Waals surface area contributed by atoms with Crippen LogP contribution >= 0.6 is 0 Å². The molecule has 0 aliphatic rings. The van der Waals surface area contributed by atoms with Crippen LogP contribution in [0.4, 0.5) is 0 Å². The molecule has 102 valence electrons. The average molecular weight is 271 g/mol. The van der Waals surface area contributed by atoms with Gasteiger partial charge in [0.05, 0.1) is 18.2 Å². The molecule has 0 bridgehead atoms. The van der Waals surface area contributed by atoms with Gasteiger partial charge in [-0.05, 0) is 24.3 Å². The number of H-pyrrole nitrogens is 1. The van der Waals surface area contributed by atoms with Gasteiger partial charge in [0.15, 0.2) is 6.61 Å². The van der Waals surface area contributed by atoms with Gasteiger partial charge in [-0.2, -0.15) is 10.4 Å². The van der Waals surface area contributed by atoms with Crippen molar-refractivity contribution in [1.29, 1.82) is 5.26 Å². The molecule has 1 amide bonds. The molecule has 20 heavy (non-hydrogen) atoms. The average Bonchev–Trinajstić information content (AvgIpc) is 2.98. The summed E-state index contributed by atoms with van der Waals surface area (Å²) in [6, 6.07) is 8.60. The second kappa shape index (κ2) is 6.33. The minimum Gasteiger partial charge on any atom is -0.484 e. The van der Waals surface area contributed by atoms with Crippen molar-refractivity contribution in [2.45, 2.75) is 6.54 Å². The van der Waals surface area contributed by atoms with E-state index in [2.05, 4.69) is 15.2 Å². The monoisotopic (exact) mass is 271 g/mol. The van der Waals surface area contributed by atoms with Crippen molar-refractivity contribution in [3.63, 3.8) is 0 Å². The molecular formula is C13H13N5O2. The molecule has 0 spiro atoms. The third-order valence-electron chi connectivity index (χ3n) is 2.62. The van der Waals surface area contributed by atoms with Crippen LogP contribution in [0.25, 0.3) is 0 Å². The highest BCUT2D eigenvalue weighted by Gasteiger charge is 2.11. The Bertz CT molecular complexity index is 601. The Kier molecular flexibility index (Phi) is 4.29. The van der Waals surface area contributed by atoms with Crippen LogP contribution in [-0.2, 0) is 11.3 Å². The smallest absolute Gasteiger partial charge is 0.260 e. The number of carbonyl (C=O) groups is 1. The number of likely N-dealkylation sites (N-methyl/N-ethyl adjacent to an activating group) is 1. The first-order valence-electron chi connectivity index (χ1n) is 5.90. The summed E-state index contributed by atoms with van der Waals surface area (Å²) in [6.45, 7) is 0.270. The van der Waals surface area contributed by atoms with Gasteiger partial charge in [-0.15, -0.1) is 0 Å². The Balaban J connectivity index is 1.83. The molecule has 1 aromatic carbocycles. The van der Waals surface area contributed by atoms with E-state index in [0.29, 0.717) is 23.7 Å². The second-order valence-corrected chi connectivity index (χ2v) is 4.11. The zero-order chi connectivity index (χ0) is 14.4. The lowest BCUT2D eigenvalue weighted by molar-refractivity contribution is -0.132. The summed E-state index contributed by atoms with van der Waals surface area (Å²) in [4.78, 5) is 17.3. The number of nitrogens with one attached hydrogen (secondary N) is 1. The highest BCUT2D eigenvalue weighted by atomic mass is 16.5. The van der Waals surface area contributed by atoms with Crippen LogP contribution in [0.15, 0.2) is 30.6 Å². The van der Waals surface area contributed by atoms with Crippen LogP contribution in [0.3, 0.4) is 0 Å². The third-order valence-corrected chi connectivity index (χ3v) is 2.62. The first kappa shape index (κ1) is 13.5. The maximum atomic E-state index is 11.9. The van der Waals surface area contributed by atoms with E-state index in [4.69, 9.17) is 10.00 Å². The summed E-state index contributed by atoms with van der Waals surface area (Å²) >= 11 is 0. The Morgan fingerprint density at radius 1 is 1.45 bits per heavy atom. The number of rotatable bonds is 5. The molecule has 0 aliphatic carbocycles.